The largest absolute Gasteiger partial charge is 0.484 e. The number of benzene rings is 1. The highest BCUT2D eigenvalue weighted by atomic mass is 19.1. The maximum absolute atomic E-state index is 13.9. The first-order valence-electron chi connectivity index (χ1n) is 6.05. The van der Waals surface area contributed by atoms with Gasteiger partial charge >= 0.3 is 0 Å². The van der Waals surface area contributed by atoms with Crippen LogP contribution >= 0.6 is 0 Å². The molecule has 0 amide bonds. The average molecular weight is 264 g/mol. The molecule has 5 nitrogen and oxygen atoms in total. The number of halogens is 1. The van der Waals surface area contributed by atoms with Gasteiger partial charge in [-0.05, 0) is 31.7 Å². The third-order valence-electron chi connectivity index (χ3n) is 2.91. The van der Waals surface area contributed by atoms with E-state index in [1.54, 1.807) is 24.0 Å². The van der Waals surface area contributed by atoms with E-state index < -0.39 is 0 Å². The summed E-state index contributed by atoms with van der Waals surface area (Å²) < 4.78 is 20.8. The summed E-state index contributed by atoms with van der Waals surface area (Å²) >= 11 is 0. The van der Waals surface area contributed by atoms with Gasteiger partial charge in [-0.25, -0.2) is 4.39 Å². The molecular formula is C13H17FN4O. The molecule has 0 saturated carbocycles. The molecule has 1 heterocycles. The topological polar surface area (TPSA) is 52.0 Å². The van der Waals surface area contributed by atoms with Crippen molar-refractivity contribution in [1.82, 2.24) is 20.3 Å². The molecule has 0 radical (unpaired) electrons. The summed E-state index contributed by atoms with van der Waals surface area (Å²) in [6.07, 6.45) is 1.73. The molecule has 19 heavy (non-hydrogen) atoms. The van der Waals surface area contributed by atoms with Gasteiger partial charge in [0.2, 0.25) is 0 Å². The molecule has 1 unspecified atom stereocenters. The van der Waals surface area contributed by atoms with Crippen molar-refractivity contribution in [3.05, 3.63) is 41.5 Å². The average Bonchev–Trinajstić information content (AvgIpc) is 2.82. The highest BCUT2D eigenvalue weighted by Crippen LogP contribution is 2.22. The number of nitrogens with zero attached hydrogens (tertiary/aromatic N) is 3. The first-order chi connectivity index (χ1) is 9.10. The zero-order valence-corrected chi connectivity index (χ0v) is 11.2. The van der Waals surface area contributed by atoms with Gasteiger partial charge in [0.25, 0.3) is 0 Å². The van der Waals surface area contributed by atoms with E-state index in [4.69, 9.17) is 4.74 Å². The quantitative estimate of drug-likeness (QED) is 0.895. The van der Waals surface area contributed by atoms with Crippen LogP contribution in [0.1, 0.15) is 24.2 Å². The van der Waals surface area contributed by atoms with Gasteiger partial charge in [-0.3, -0.25) is 4.68 Å². The molecule has 0 aliphatic heterocycles. The Morgan fingerprint density at radius 3 is 2.84 bits per heavy atom. The Labute approximate surface area is 111 Å². The van der Waals surface area contributed by atoms with Gasteiger partial charge in [0.15, 0.2) is 11.6 Å². The smallest absolute Gasteiger partial charge is 0.165 e. The highest BCUT2D eigenvalue weighted by molar-refractivity contribution is 5.31. The van der Waals surface area contributed by atoms with Crippen LogP contribution in [0.5, 0.6) is 5.75 Å². The van der Waals surface area contributed by atoms with E-state index in [2.05, 4.69) is 15.6 Å². The van der Waals surface area contributed by atoms with Crippen molar-refractivity contribution in [1.29, 1.82) is 0 Å². The highest BCUT2D eigenvalue weighted by Gasteiger charge is 2.09. The molecule has 6 heteroatoms. The molecule has 2 aromatic rings. The second-order valence-electron chi connectivity index (χ2n) is 4.37. The van der Waals surface area contributed by atoms with Crippen LogP contribution in [-0.2, 0) is 13.7 Å². The Morgan fingerprint density at radius 1 is 1.47 bits per heavy atom. The molecule has 1 aromatic heterocycles. The summed E-state index contributed by atoms with van der Waals surface area (Å²) in [5.41, 5.74) is 1.54. The molecule has 0 aliphatic rings. The van der Waals surface area contributed by atoms with E-state index in [0.717, 1.165) is 5.56 Å². The molecule has 1 N–H and O–H groups in total. The monoisotopic (exact) mass is 264 g/mol. The molecule has 1 atom stereocenters. The van der Waals surface area contributed by atoms with Crippen molar-refractivity contribution in [2.24, 2.45) is 7.05 Å². The molecule has 2 rings (SSSR count). The Bertz CT molecular complexity index is 555. The van der Waals surface area contributed by atoms with E-state index in [-0.39, 0.29) is 24.2 Å². The summed E-state index contributed by atoms with van der Waals surface area (Å²) in [6, 6.07) is 5.06. The molecule has 0 spiro atoms. The van der Waals surface area contributed by atoms with Crippen LogP contribution in [0.2, 0.25) is 0 Å². The predicted molar refractivity (Wildman–Crippen MR) is 69.2 cm³/mol. The zero-order valence-electron chi connectivity index (χ0n) is 11.2. The summed E-state index contributed by atoms with van der Waals surface area (Å²) in [5.74, 6) is -0.152. The number of hydrogen-bond acceptors (Lipinski definition) is 4. The lowest BCUT2D eigenvalue weighted by atomic mass is 10.1. The van der Waals surface area contributed by atoms with Crippen molar-refractivity contribution in [2.75, 3.05) is 7.05 Å². The fourth-order valence-electron chi connectivity index (χ4n) is 1.68. The zero-order chi connectivity index (χ0) is 13.8. The number of nitrogens with one attached hydrogen (secondary N) is 1. The van der Waals surface area contributed by atoms with Crippen LogP contribution in [0, 0.1) is 5.82 Å². The second kappa shape index (κ2) is 5.79. The molecule has 0 aliphatic carbocycles. The standard InChI is InChI=1S/C13H17FN4O/c1-9(15-2)10-4-5-13(12(14)6-10)19-8-11-7-18(3)17-16-11/h4-7,9,15H,8H2,1-3H3. The van der Waals surface area contributed by atoms with Gasteiger partial charge in [0.1, 0.15) is 12.3 Å². The second-order valence-corrected chi connectivity index (χ2v) is 4.37. The Morgan fingerprint density at radius 2 is 2.26 bits per heavy atom. The van der Waals surface area contributed by atoms with Crippen molar-refractivity contribution in [3.8, 4) is 5.75 Å². The lowest BCUT2D eigenvalue weighted by Gasteiger charge is -2.12. The molecule has 0 saturated heterocycles. The van der Waals surface area contributed by atoms with Crippen LogP contribution in [0.25, 0.3) is 0 Å². The number of aryl methyl sites for hydroxylation is 1. The van der Waals surface area contributed by atoms with Crippen LogP contribution in [-0.4, -0.2) is 22.0 Å². The summed E-state index contributed by atoms with van der Waals surface area (Å²) in [7, 11) is 3.60. The van der Waals surface area contributed by atoms with Gasteiger partial charge in [0, 0.05) is 13.1 Å². The van der Waals surface area contributed by atoms with E-state index >= 15 is 0 Å². The molecule has 0 bridgehead atoms. The Balaban J connectivity index is 2.05. The minimum Gasteiger partial charge on any atom is -0.484 e. The van der Waals surface area contributed by atoms with Crippen LogP contribution in [0.15, 0.2) is 24.4 Å². The molecule has 1 aromatic carbocycles. The van der Waals surface area contributed by atoms with Crippen molar-refractivity contribution in [2.45, 2.75) is 19.6 Å². The Kier molecular flexibility index (Phi) is 4.11. The van der Waals surface area contributed by atoms with Gasteiger partial charge in [-0.1, -0.05) is 11.3 Å². The number of hydrogen-bond donors (Lipinski definition) is 1. The SMILES string of the molecule is CNC(C)c1ccc(OCc2cn(C)nn2)c(F)c1. The summed E-state index contributed by atoms with van der Waals surface area (Å²) in [6.45, 7) is 2.17. The number of aromatic nitrogens is 3. The van der Waals surface area contributed by atoms with Crippen molar-refractivity contribution in [3.63, 3.8) is 0 Å². The fourth-order valence-corrected chi connectivity index (χ4v) is 1.68. The third kappa shape index (κ3) is 3.29. The van der Waals surface area contributed by atoms with Gasteiger partial charge in [0.05, 0.1) is 6.20 Å². The minimum atomic E-state index is -0.372. The third-order valence-corrected chi connectivity index (χ3v) is 2.91. The fraction of sp³-hybridized carbons (Fsp3) is 0.385. The first-order valence-corrected chi connectivity index (χ1v) is 6.05. The van der Waals surface area contributed by atoms with Crippen molar-refractivity contribution < 1.29 is 9.13 Å². The van der Waals surface area contributed by atoms with E-state index in [9.17, 15) is 4.39 Å². The van der Waals surface area contributed by atoms with Crippen LogP contribution < -0.4 is 10.1 Å². The summed E-state index contributed by atoms with van der Waals surface area (Å²) in [5, 5.41) is 10.7. The lowest BCUT2D eigenvalue weighted by molar-refractivity contribution is 0.285. The van der Waals surface area contributed by atoms with Gasteiger partial charge in [-0.15, -0.1) is 5.10 Å². The molecule has 102 valence electrons. The first kappa shape index (κ1) is 13.5. The van der Waals surface area contributed by atoms with E-state index in [1.165, 1.54) is 6.07 Å². The van der Waals surface area contributed by atoms with Gasteiger partial charge in [-0.2, -0.15) is 0 Å². The maximum Gasteiger partial charge on any atom is 0.165 e. The van der Waals surface area contributed by atoms with Gasteiger partial charge < -0.3 is 10.1 Å². The van der Waals surface area contributed by atoms with E-state index in [0.29, 0.717) is 5.69 Å². The maximum atomic E-state index is 13.9. The number of ether oxygens (including phenoxy) is 1. The lowest BCUT2D eigenvalue weighted by Crippen LogP contribution is -2.12. The normalized spacial score (nSPS) is 12.4. The van der Waals surface area contributed by atoms with Crippen LogP contribution in [0.3, 0.4) is 0 Å². The molecule has 0 fully saturated rings. The summed E-state index contributed by atoms with van der Waals surface area (Å²) in [4.78, 5) is 0. The van der Waals surface area contributed by atoms with Crippen molar-refractivity contribution >= 4 is 0 Å². The minimum absolute atomic E-state index is 0.101. The Hall–Kier alpha value is -1.95. The van der Waals surface area contributed by atoms with Crippen LogP contribution in [0.4, 0.5) is 4.39 Å². The number of rotatable bonds is 5. The predicted octanol–water partition coefficient (Wildman–Crippen LogP) is 1.81. The van der Waals surface area contributed by atoms with E-state index in [1.807, 2.05) is 20.0 Å². The molecular weight excluding hydrogens is 247 g/mol.